The lowest BCUT2D eigenvalue weighted by Gasteiger charge is -2.57. The lowest BCUT2D eigenvalue weighted by molar-refractivity contribution is -0.148. The van der Waals surface area contributed by atoms with E-state index in [1.54, 1.807) is 0 Å². The number of rotatable bonds is 2. The van der Waals surface area contributed by atoms with E-state index in [0.29, 0.717) is 29.4 Å². The van der Waals surface area contributed by atoms with E-state index in [1.165, 1.54) is 25.7 Å². The highest BCUT2D eigenvalue weighted by molar-refractivity contribution is 5.79. The number of carbonyl (C=O) groups excluding carboxylic acids is 1. The largest absolute Gasteiger partial charge is 0.377 e. The first-order valence-corrected chi connectivity index (χ1v) is 8.44. The molecule has 2 N–H and O–H groups in total. The van der Waals surface area contributed by atoms with Gasteiger partial charge in [-0.1, -0.05) is 12.8 Å². The number of carbonyl (C=O) groups is 1. The van der Waals surface area contributed by atoms with Crippen molar-refractivity contribution in [3.8, 4) is 0 Å². The summed E-state index contributed by atoms with van der Waals surface area (Å²) in [6.07, 6.45) is 8.72. The molecular formula is C16H26N2O2. The number of piperidine rings is 1. The monoisotopic (exact) mass is 278 g/mol. The van der Waals surface area contributed by atoms with Gasteiger partial charge in [0, 0.05) is 29.9 Å². The zero-order valence-electron chi connectivity index (χ0n) is 12.2. The summed E-state index contributed by atoms with van der Waals surface area (Å²) in [6.45, 7) is 2.88. The molecule has 0 aromatic heterocycles. The minimum absolute atomic E-state index is 0.232. The Labute approximate surface area is 121 Å². The second-order valence-electron chi connectivity index (χ2n) is 7.19. The fraction of sp³-hybridized carbons (Fsp3) is 0.938. The lowest BCUT2D eigenvalue weighted by atomic mass is 9.54. The van der Waals surface area contributed by atoms with Gasteiger partial charge < -0.3 is 15.4 Å². The van der Waals surface area contributed by atoms with Crippen LogP contribution < -0.4 is 10.6 Å². The van der Waals surface area contributed by atoms with Crippen molar-refractivity contribution in [1.82, 2.24) is 10.6 Å². The van der Waals surface area contributed by atoms with Gasteiger partial charge in [-0.2, -0.15) is 0 Å². The molecule has 4 fully saturated rings. The van der Waals surface area contributed by atoms with E-state index in [2.05, 4.69) is 10.6 Å². The van der Waals surface area contributed by atoms with Crippen LogP contribution >= 0.6 is 0 Å². The maximum absolute atomic E-state index is 12.6. The van der Waals surface area contributed by atoms with Crippen LogP contribution in [0.5, 0.6) is 0 Å². The third-order valence-corrected chi connectivity index (χ3v) is 6.29. The van der Waals surface area contributed by atoms with E-state index in [1.807, 2.05) is 0 Å². The zero-order valence-corrected chi connectivity index (χ0v) is 12.2. The summed E-state index contributed by atoms with van der Waals surface area (Å²) < 4.78 is 5.99. The second kappa shape index (κ2) is 4.99. The smallest absolute Gasteiger partial charge is 0.223 e. The van der Waals surface area contributed by atoms with Crippen molar-refractivity contribution >= 4 is 5.91 Å². The molecule has 3 atom stereocenters. The molecule has 3 unspecified atom stereocenters. The number of amides is 1. The van der Waals surface area contributed by atoms with Crippen LogP contribution in [0, 0.1) is 17.3 Å². The van der Waals surface area contributed by atoms with Crippen LogP contribution in [0.1, 0.15) is 44.9 Å². The first kappa shape index (κ1) is 13.1. The van der Waals surface area contributed by atoms with Gasteiger partial charge in [0.2, 0.25) is 5.91 Å². The summed E-state index contributed by atoms with van der Waals surface area (Å²) in [6, 6.07) is 0.403. The summed E-state index contributed by atoms with van der Waals surface area (Å²) in [5.74, 6) is 1.14. The van der Waals surface area contributed by atoms with E-state index in [-0.39, 0.29) is 5.92 Å². The van der Waals surface area contributed by atoms with Crippen LogP contribution in [-0.4, -0.2) is 37.7 Å². The lowest BCUT2D eigenvalue weighted by Crippen LogP contribution is -2.68. The summed E-state index contributed by atoms with van der Waals surface area (Å²) >= 11 is 0. The molecule has 0 aromatic rings. The standard InChI is InChI=1S/C16H26N2O2/c19-15(11-3-8-17-9-4-11)18-13-12-5-10-20-14(12)16(13)6-1-2-7-16/h11-14,17H,1-10H2,(H,18,19). The van der Waals surface area contributed by atoms with Gasteiger partial charge in [0.05, 0.1) is 6.10 Å². The Morgan fingerprint density at radius 1 is 1.15 bits per heavy atom. The van der Waals surface area contributed by atoms with Crippen molar-refractivity contribution in [3.63, 3.8) is 0 Å². The first-order valence-electron chi connectivity index (χ1n) is 8.44. The van der Waals surface area contributed by atoms with Crippen LogP contribution in [-0.2, 0) is 9.53 Å². The number of hydrogen-bond donors (Lipinski definition) is 2. The third-order valence-electron chi connectivity index (χ3n) is 6.29. The molecule has 4 aliphatic rings. The highest BCUT2D eigenvalue weighted by Crippen LogP contribution is 2.60. The Morgan fingerprint density at radius 2 is 1.90 bits per heavy atom. The molecule has 2 heterocycles. The Balaban J connectivity index is 1.45. The number of hydrogen-bond acceptors (Lipinski definition) is 3. The minimum Gasteiger partial charge on any atom is -0.377 e. The molecule has 0 aromatic carbocycles. The summed E-state index contributed by atoms with van der Waals surface area (Å²) in [7, 11) is 0. The normalized spacial score (nSPS) is 39.5. The Kier molecular flexibility index (Phi) is 3.26. The molecule has 112 valence electrons. The van der Waals surface area contributed by atoms with Crippen LogP contribution in [0.2, 0.25) is 0 Å². The SMILES string of the molecule is O=C(NC1C2CCOC2C12CCCC2)C1CCNCC1. The van der Waals surface area contributed by atoms with Gasteiger partial charge in [0.25, 0.3) is 0 Å². The fourth-order valence-corrected chi connectivity index (χ4v) is 5.26. The van der Waals surface area contributed by atoms with Crippen molar-refractivity contribution in [2.24, 2.45) is 17.3 Å². The molecule has 4 nitrogen and oxygen atoms in total. The van der Waals surface area contributed by atoms with Crippen molar-refractivity contribution < 1.29 is 9.53 Å². The van der Waals surface area contributed by atoms with E-state index in [4.69, 9.17) is 4.74 Å². The van der Waals surface area contributed by atoms with E-state index < -0.39 is 0 Å². The van der Waals surface area contributed by atoms with Crippen molar-refractivity contribution in [2.75, 3.05) is 19.7 Å². The highest BCUT2D eigenvalue weighted by Gasteiger charge is 2.65. The van der Waals surface area contributed by atoms with Crippen molar-refractivity contribution in [3.05, 3.63) is 0 Å². The number of ether oxygens (including phenoxy) is 1. The molecule has 20 heavy (non-hydrogen) atoms. The summed E-state index contributed by atoms with van der Waals surface area (Å²) in [5, 5.41) is 6.78. The average Bonchev–Trinajstić information content (AvgIpc) is 3.13. The van der Waals surface area contributed by atoms with Crippen LogP contribution in [0.25, 0.3) is 0 Å². The van der Waals surface area contributed by atoms with Gasteiger partial charge in [-0.15, -0.1) is 0 Å². The zero-order chi connectivity index (χ0) is 13.6. The predicted octanol–water partition coefficient (Wildman–Crippen LogP) is 1.45. The molecule has 2 saturated heterocycles. The van der Waals surface area contributed by atoms with Crippen LogP contribution in [0.4, 0.5) is 0 Å². The maximum atomic E-state index is 12.6. The van der Waals surface area contributed by atoms with Gasteiger partial charge in [-0.25, -0.2) is 0 Å². The van der Waals surface area contributed by atoms with E-state index in [9.17, 15) is 4.79 Å². The van der Waals surface area contributed by atoms with Crippen molar-refractivity contribution in [2.45, 2.75) is 57.1 Å². The Morgan fingerprint density at radius 3 is 2.65 bits per heavy atom. The average molecular weight is 278 g/mol. The van der Waals surface area contributed by atoms with Gasteiger partial charge in [0.1, 0.15) is 0 Å². The van der Waals surface area contributed by atoms with Crippen molar-refractivity contribution in [1.29, 1.82) is 0 Å². The molecule has 2 saturated carbocycles. The predicted molar refractivity (Wildman–Crippen MR) is 76.3 cm³/mol. The van der Waals surface area contributed by atoms with E-state index in [0.717, 1.165) is 39.0 Å². The molecule has 4 rings (SSSR count). The van der Waals surface area contributed by atoms with Gasteiger partial charge in [-0.3, -0.25) is 4.79 Å². The molecular weight excluding hydrogens is 252 g/mol. The summed E-state index contributed by atoms with van der Waals surface area (Å²) in [5.41, 5.74) is 0.295. The van der Waals surface area contributed by atoms with Gasteiger partial charge in [0.15, 0.2) is 0 Å². The van der Waals surface area contributed by atoms with Gasteiger partial charge in [-0.05, 0) is 45.2 Å². The second-order valence-corrected chi connectivity index (χ2v) is 7.19. The van der Waals surface area contributed by atoms with Crippen LogP contribution in [0.3, 0.4) is 0 Å². The topological polar surface area (TPSA) is 50.4 Å². The number of nitrogens with one attached hydrogen (secondary N) is 2. The maximum Gasteiger partial charge on any atom is 0.223 e. The third kappa shape index (κ3) is 1.84. The highest BCUT2D eigenvalue weighted by atomic mass is 16.5. The minimum atomic E-state index is 0.232. The molecule has 0 bridgehead atoms. The molecule has 2 aliphatic heterocycles. The number of fused-ring (bicyclic) bond motifs is 2. The van der Waals surface area contributed by atoms with E-state index >= 15 is 0 Å². The molecule has 1 amide bonds. The molecule has 4 heteroatoms. The molecule has 0 radical (unpaired) electrons. The Bertz CT molecular complexity index is 386. The van der Waals surface area contributed by atoms with Crippen LogP contribution in [0.15, 0.2) is 0 Å². The Hall–Kier alpha value is -0.610. The molecule has 1 spiro atoms. The summed E-state index contributed by atoms with van der Waals surface area (Å²) in [4.78, 5) is 12.6. The first-order chi connectivity index (χ1) is 9.81. The molecule has 2 aliphatic carbocycles. The van der Waals surface area contributed by atoms with Gasteiger partial charge >= 0.3 is 0 Å². The fourth-order valence-electron chi connectivity index (χ4n) is 5.26. The quantitative estimate of drug-likeness (QED) is 0.804.